The molecule has 1 N–H and O–H groups in total. The zero-order chi connectivity index (χ0) is 16.0. The zero-order valence-electron chi connectivity index (χ0n) is 13.9. The molecule has 1 heterocycles. The van der Waals surface area contributed by atoms with Gasteiger partial charge < -0.3 is 10.2 Å². The Morgan fingerprint density at radius 3 is 2.48 bits per heavy atom. The number of nitrogens with zero attached hydrogens (tertiary/aromatic N) is 3. The largest absolute Gasteiger partial charge is 0.371 e. The zero-order valence-corrected chi connectivity index (χ0v) is 13.9. The molecule has 5 heteroatoms. The van der Waals surface area contributed by atoms with Gasteiger partial charge >= 0.3 is 0 Å². The van der Waals surface area contributed by atoms with E-state index in [0.717, 1.165) is 24.4 Å². The molecule has 118 valence electrons. The predicted octanol–water partition coefficient (Wildman–Crippen LogP) is 2.03. The Bertz CT molecular complexity index is 524. The summed E-state index contributed by atoms with van der Waals surface area (Å²) < 4.78 is 1.46. The molecule has 0 aliphatic rings. The summed E-state index contributed by atoms with van der Waals surface area (Å²) >= 11 is 0. The summed E-state index contributed by atoms with van der Waals surface area (Å²) in [5.74, 6) is 0. The van der Waals surface area contributed by atoms with Crippen molar-refractivity contribution in [3.63, 3.8) is 0 Å². The van der Waals surface area contributed by atoms with Gasteiger partial charge in [0.05, 0.1) is 18.4 Å². The molecule has 0 amide bonds. The first-order valence-corrected chi connectivity index (χ1v) is 7.50. The van der Waals surface area contributed by atoms with Crippen molar-refractivity contribution >= 4 is 5.69 Å². The van der Waals surface area contributed by atoms with Gasteiger partial charge in [0, 0.05) is 31.2 Å². The van der Waals surface area contributed by atoms with Crippen LogP contribution in [0.4, 0.5) is 5.69 Å². The molecule has 21 heavy (non-hydrogen) atoms. The maximum Gasteiger partial charge on any atom is 0.269 e. The standard InChI is InChI=1S/C16H28N4O/c1-7-19(8-2)14-9-15(21)20(18-11-14)12-13(3)10-17-16(4,5)6/h9,11,17H,3,7-8,10,12H2,1-2,4-6H3. The molecule has 0 saturated carbocycles. The Morgan fingerprint density at radius 2 is 2.00 bits per heavy atom. The van der Waals surface area contributed by atoms with Crippen molar-refractivity contribution in [2.24, 2.45) is 0 Å². The average Bonchev–Trinajstić information content (AvgIpc) is 2.40. The van der Waals surface area contributed by atoms with E-state index in [9.17, 15) is 4.79 Å². The molecule has 0 aromatic carbocycles. The van der Waals surface area contributed by atoms with Gasteiger partial charge in [0.1, 0.15) is 0 Å². The van der Waals surface area contributed by atoms with Crippen LogP contribution in [0.15, 0.2) is 29.2 Å². The summed E-state index contributed by atoms with van der Waals surface area (Å²) in [5.41, 5.74) is 1.76. The summed E-state index contributed by atoms with van der Waals surface area (Å²) in [4.78, 5) is 14.2. The first-order valence-electron chi connectivity index (χ1n) is 7.50. The first-order chi connectivity index (χ1) is 9.76. The molecule has 5 nitrogen and oxygen atoms in total. The Hall–Kier alpha value is -1.62. The number of aromatic nitrogens is 2. The molecule has 0 spiro atoms. The minimum absolute atomic E-state index is 0.0357. The van der Waals surface area contributed by atoms with E-state index < -0.39 is 0 Å². The fourth-order valence-electron chi connectivity index (χ4n) is 1.96. The third-order valence-electron chi connectivity index (χ3n) is 3.23. The minimum Gasteiger partial charge on any atom is -0.371 e. The number of anilines is 1. The summed E-state index contributed by atoms with van der Waals surface area (Å²) in [6.45, 7) is 17.3. The van der Waals surface area contributed by atoms with E-state index in [1.54, 1.807) is 12.3 Å². The third kappa shape index (κ3) is 5.71. The van der Waals surface area contributed by atoms with Gasteiger partial charge in [-0.15, -0.1) is 0 Å². The van der Waals surface area contributed by atoms with E-state index in [0.29, 0.717) is 13.1 Å². The molecule has 0 atom stereocenters. The molecule has 0 aliphatic carbocycles. The average molecular weight is 292 g/mol. The number of hydrogen-bond donors (Lipinski definition) is 1. The topological polar surface area (TPSA) is 50.2 Å². The molecular formula is C16H28N4O. The molecule has 1 aromatic heterocycles. The third-order valence-corrected chi connectivity index (χ3v) is 3.23. The highest BCUT2D eigenvalue weighted by Crippen LogP contribution is 2.08. The Kier molecular flexibility index (Phi) is 6.15. The second-order valence-corrected chi connectivity index (χ2v) is 6.24. The molecule has 1 aromatic rings. The van der Waals surface area contributed by atoms with E-state index in [-0.39, 0.29) is 11.1 Å². The van der Waals surface area contributed by atoms with Gasteiger partial charge in [0.15, 0.2) is 0 Å². The quantitative estimate of drug-likeness (QED) is 0.781. The monoisotopic (exact) mass is 292 g/mol. The Morgan fingerprint density at radius 1 is 1.38 bits per heavy atom. The fourth-order valence-corrected chi connectivity index (χ4v) is 1.96. The highest BCUT2D eigenvalue weighted by Gasteiger charge is 2.10. The molecule has 0 fully saturated rings. The molecule has 0 unspecified atom stereocenters. The maximum atomic E-state index is 12.1. The highest BCUT2D eigenvalue weighted by molar-refractivity contribution is 5.42. The number of rotatable bonds is 7. The maximum absolute atomic E-state index is 12.1. The summed E-state index contributed by atoms with van der Waals surface area (Å²) in [6.07, 6.45) is 1.75. The van der Waals surface area contributed by atoms with Crippen molar-refractivity contribution in [2.45, 2.75) is 46.7 Å². The van der Waals surface area contributed by atoms with E-state index in [2.05, 4.69) is 56.5 Å². The van der Waals surface area contributed by atoms with Crippen molar-refractivity contribution in [1.82, 2.24) is 15.1 Å². The molecule has 0 bridgehead atoms. The van der Waals surface area contributed by atoms with Crippen molar-refractivity contribution in [2.75, 3.05) is 24.5 Å². The van der Waals surface area contributed by atoms with Crippen molar-refractivity contribution in [3.05, 3.63) is 34.8 Å². The molecular weight excluding hydrogens is 264 g/mol. The Balaban J connectivity index is 2.73. The van der Waals surface area contributed by atoms with Crippen LogP contribution in [0.3, 0.4) is 0 Å². The molecule has 1 rings (SSSR count). The van der Waals surface area contributed by atoms with Crippen LogP contribution < -0.4 is 15.8 Å². The van der Waals surface area contributed by atoms with Gasteiger partial charge in [0.25, 0.3) is 5.56 Å². The van der Waals surface area contributed by atoms with Crippen LogP contribution in [-0.4, -0.2) is 35.0 Å². The summed E-state index contributed by atoms with van der Waals surface area (Å²) in [7, 11) is 0. The van der Waals surface area contributed by atoms with Crippen LogP contribution >= 0.6 is 0 Å². The van der Waals surface area contributed by atoms with Crippen LogP contribution in [0.1, 0.15) is 34.6 Å². The van der Waals surface area contributed by atoms with Crippen LogP contribution in [0.2, 0.25) is 0 Å². The van der Waals surface area contributed by atoms with Crippen LogP contribution in [0, 0.1) is 0 Å². The summed E-state index contributed by atoms with van der Waals surface area (Å²) in [5, 5.41) is 7.61. The lowest BCUT2D eigenvalue weighted by atomic mass is 10.1. The predicted molar refractivity (Wildman–Crippen MR) is 89.0 cm³/mol. The van der Waals surface area contributed by atoms with E-state index in [1.807, 2.05) is 0 Å². The number of hydrogen-bond acceptors (Lipinski definition) is 4. The van der Waals surface area contributed by atoms with Crippen LogP contribution in [-0.2, 0) is 6.54 Å². The number of nitrogens with one attached hydrogen (secondary N) is 1. The lowest BCUT2D eigenvalue weighted by Crippen LogP contribution is -2.38. The van der Waals surface area contributed by atoms with Gasteiger partial charge in [-0.25, -0.2) is 4.68 Å². The Labute approximate surface area is 127 Å². The SMILES string of the molecule is C=C(CNC(C)(C)C)Cn1ncc(N(CC)CC)cc1=O. The van der Waals surface area contributed by atoms with E-state index in [4.69, 9.17) is 0 Å². The molecule has 0 aliphatic heterocycles. The first kappa shape index (κ1) is 17.4. The second kappa shape index (κ2) is 7.41. The normalized spacial score (nSPS) is 11.5. The van der Waals surface area contributed by atoms with Crippen molar-refractivity contribution < 1.29 is 0 Å². The van der Waals surface area contributed by atoms with Gasteiger partial charge in [-0.2, -0.15) is 5.10 Å². The summed E-state index contributed by atoms with van der Waals surface area (Å²) in [6, 6.07) is 1.64. The molecule has 0 saturated heterocycles. The van der Waals surface area contributed by atoms with E-state index in [1.165, 1.54) is 4.68 Å². The van der Waals surface area contributed by atoms with Gasteiger partial charge in [-0.3, -0.25) is 4.79 Å². The van der Waals surface area contributed by atoms with E-state index >= 15 is 0 Å². The second-order valence-electron chi connectivity index (χ2n) is 6.24. The van der Waals surface area contributed by atoms with Gasteiger partial charge in [0.2, 0.25) is 0 Å². The fraction of sp³-hybridized carbons (Fsp3) is 0.625. The van der Waals surface area contributed by atoms with Gasteiger partial charge in [-0.1, -0.05) is 6.58 Å². The van der Waals surface area contributed by atoms with Crippen LogP contribution in [0.5, 0.6) is 0 Å². The lowest BCUT2D eigenvalue weighted by molar-refractivity contribution is 0.437. The van der Waals surface area contributed by atoms with Crippen molar-refractivity contribution in [1.29, 1.82) is 0 Å². The van der Waals surface area contributed by atoms with Crippen molar-refractivity contribution in [3.8, 4) is 0 Å². The van der Waals surface area contributed by atoms with Crippen LogP contribution in [0.25, 0.3) is 0 Å². The smallest absolute Gasteiger partial charge is 0.269 e. The van der Waals surface area contributed by atoms with Gasteiger partial charge in [-0.05, 0) is 40.2 Å². The highest BCUT2D eigenvalue weighted by atomic mass is 16.1. The minimum atomic E-state index is -0.0868. The lowest BCUT2D eigenvalue weighted by Gasteiger charge is -2.22. The molecule has 0 radical (unpaired) electrons.